The predicted molar refractivity (Wildman–Crippen MR) is 96.0 cm³/mol. The fraction of sp³-hybridized carbons (Fsp3) is 0.619. The van der Waals surface area contributed by atoms with Gasteiger partial charge in [0.15, 0.2) is 6.61 Å². The molecular formula is C21H27NO3. The summed E-state index contributed by atoms with van der Waals surface area (Å²) in [6.07, 6.45) is 8.15. The maximum Gasteiger partial charge on any atom is 0.306 e. The second-order valence-electron chi connectivity index (χ2n) is 8.67. The SMILES string of the molecule is Cc1cccc(NC(=O)COC(=O)CC23CC4CC(CC(C4)C2)C3)c1. The minimum absolute atomic E-state index is 0.166. The van der Waals surface area contributed by atoms with Gasteiger partial charge in [-0.1, -0.05) is 12.1 Å². The summed E-state index contributed by atoms with van der Waals surface area (Å²) < 4.78 is 5.29. The topological polar surface area (TPSA) is 55.4 Å². The fourth-order valence-corrected chi connectivity index (χ4v) is 5.93. The van der Waals surface area contributed by atoms with E-state index < -0.39 is 0 Å². The number of nitrogens with one attached hydrogen (secondary N) is 1. The van der Waals surface area contributed by atoms with E-state index in [0.717, 1.165) is 29.0 Å². The molecule has 5 rings (SSSR count). The van der Waals surface area contributed by atoms with Crippen LogP contribution in [-0.2, 0) is 14.3 Å². The molecule has 0 aromatic heterocycles. The first-order valence-corrected chi connectivity index (χ1v) is 9.52. The second kappa shape index (κ2) is 6.47. The van der Waals surface area contributed by atoms with Crippen LogP contribution < -0.4 is 5.32 Å². The van der Waals surface area contributed by atoms with Crippen molar-refractivity contribution in [3.63, 3.8) is 0 Å². The monoisotopic (exact) mass is 341 g/mol. The third-order valence-corrected chi connectivity index (χ3v) is 6.35. The zero-order chi connectivity index (χ0) is 17.4. The highest BCUT2D eigenvalue weighted by atomic mass is 16.5. The molecule has 4 heteroatoms. The molecule has 1 N–H and O–H groups in total. The number of hydrogen-bond acceptors (Lipinski definition) is 3. The van der Waals surface area contributed by atoms with Crippen LogP contribution in [0.1, 0.15) is 50.5 Å². The van der Waals surface area contributed by atoms with Gasteiger partial charge in [0.05, 0.1) is 6.42 Å². The number of hydrogen-bond donors (Lipinski definition) is 1. The van der Waals surface area contributed by atoms with Crippen LogP contribution in [0.15, 0.2) is 24.3 Å². The van der Waals surface area contributed by atoms with Gasteiger partial charge in [-0.15, -0.1) is 0 Å². The molecule has 4 saturated carbocycles. The van der Waals surface area contributed by atoms with E-state index in [1.165, 1.54) is 38.5 Å². The lowest BCUT2D eigenvalue weighted by Gasteiger charge is -2.56. The average molecular weight is 341 g/mol. The van der Waals surface area contributed by atoms with Crippen LogP contribution in [-0.4, -0.2) is 18.5 Å². The summed E-state index contributed by atoms with van der Waals surface area (Å²) in [5, 5.41) is 2.78. The number of amides is 1. The van der Waals surface area contributed by atoms with E-state index in [4.69, 9.17) is 4.74 Å². The van der Waals surface area contributed by atoms with E-state index in [-0.39, 0.29) is 23.9 Å². The normalized spacial score (nSPS) is 32.4. The highest BCUT2D eigenvalue weighted by molar-refractivity contribution is 5.92. The van der Waals surface area contributed by atoms with Crippen LogP contribution in [0.4, 0.5) is 5.69 Å². The molecule has 25 heavy (non-hydrogen) atoms. The Kier molecular flexibility index (Phi) is 4.30. The summed E-state index contributed by atoms with van der Waals surface area (Å²) in [6, 6.07) is 7.60. The summed E-state index contributed by atoms with van der Waals surface area (Å²) in [4.78, 5) is 24.3. The number of carbonyl (C=O) groups is 2. The van der Waals surface area contributed by atoms with Gasteiger partial charge < -0.3 is 10.1 Å². The van der Waals surface area contributed by atoms with E-state index in [2.05, 4.69) is 5.32 Å². The van der Waals surface area contributed by atoms with Crippen molar-refractivity contribution >= 4 is 17.6 Å². The van der Waals surface area contributed by atoms with Gasteiger partial charge in [0.1, 0.15) is 0 Å². The predicted octanol–water partition coefficient (Wildman–Crippen LogP) is 4.08. The van der Waals surface area contributed by atoms with Crippen molar-refractivity contribution in [1.82, 2.24) is 0 Å². The quantitative estimate of drug-likeness (QED) is 0.821. The molecular weight excluding hydrogens is 314 g/mol. The molecule has 0 unspecified atom stereocenters. The molecule has 4 nitrogen and oxygen atoms in total. The number of esters is 1. The standard InChI is InChI=1S/C21H27NO3/c1-14-3-2-4-18(5-14)22-19(23)13-25-20(24)12-21-9-15-6-16(10-21)8-17(7-15)11-21/h2-5,15-17H,6-13H2,1H3,(H,22,23). The third-order valence-electron chi connectivity index (χ3n) is 6.35. The third kappa shape index (κ3) is 3.73. The number of benzene rings is 1. The Hall–Kier alpha value is -1.84. The zero-order valence-electron chi connectivity index (χ0n) is 14.9. The van der Waals surface area contributed by atoms with Gasteiger partial charge >= 0.3 is 5.97 Å². The summed E-state index contributed by atoms with van der Waals surface area (Å²) >= 11 is 0. The number of carbonyl (C=O) groups excluding carboxylic acids is 2. The molecule has 1 amide bonds. The number of aryl methyl sites for hydroxylation is 1. The molecule has 0 atom stereocenters. The first-order chi connectivity index (χ1) is 12.0. The molecule has 1 aromatic carbocycles. The number of ether oxygens (including phenoxy) is 1. The van der Waals surface area contributed by atoms with Gasteiger partial charge in [-0.25, -0.2) is 0 Å². The van der Waals surface area contributed by atoms with Gasteiger partial charge in [-0.2, -0.15) is 0 Å². The Balaban J connectivity index is 1.27. The van der Waals surface area contributed by atoms with Gasteiger partial charge in [0.25, 0.3) is 5.91 Å². The van der Waals surface area contributed by atoms with E-state index in [0.29, 0.717) is 6.42 Å². The van der Waals surface area contributed by atoms with Crippen molar-refractivity contribution in [2.75, 3.05) is 11.9 Å². The first-order valence-electron chi connectivity index (χ1n) is 9.52. The van der Waals surface area contributed by atoms with E-state index >= 15 is 0 Å². The van der Waals surface area contributed by atoms with Crippen molar-refractivity contribution in [2.45, 2.75) is 51.9 Å². The average Bonchev–Trinajstić information content (AvgIpc) is 2.51. The molecule has 0 aliphatic heterocycles. The van der Waals surface area contributed by atoms with Gasteiger partial charge in [0.2, 0.25) is 0 Å². The number of rotatable bonds is 5. The Morgan fingerprint density at radius 1 is 1.12 bits per heavy atom. The van der Waals surface area contributed by atoms with Crippen LogP contribution >= 0.6 is 0 Å². The van der Waals surface area contributed by atoms with Crippen LogP contribution in [0.3, 0.4) is 0 Å². The van der Waals surface area contributed by atoms with Gasteiger partial charge in [-0.3, -0.25) is 9.59 Å². The lowest BCUT2D eigenvalue weighted by atomic mass is 9.49. The molecule has 0 radical (unpaired) electrons. The van der Waals surface area contributed by atoms with Crippen molar-refractivity contribution < 1.29 is 14.3 Å². The number of anilines is 1. The smallest absolute Gasteiger partial charge is 0.306 e. The highest BCUT2D eigenvalue weighted by Crippen LogP contribution is 2.61. The van der Waals surface area contributed by atoms with Crippen LogP contribution in [0, 0.1) is 30.1 Å². The van der Waals surface area contributed by atoms with Crippen molar-refractivity contribution in [1.29, 1.82) is 0 Å². The molecule has 4 fully saturated rings. The lowest BCUT2D eigenvalue weighted by molar-refractivity contribution is -0.154. The minimum Gasteiger partial charge on any atom is -0.456 e. The molecule has 4 aliphatic carbocycles. The maximum absolute atomic E-state index is 12.3. The van der Waals surface area contributed by atoms with Crippen LogP contribution in [0.2, 0.25) is 0 Å². The summed E-state index contributed by atoms with van der Waals surface area (Å²) in [5.41, 5.74) is 1.98. The van der Waals surface area contributed by atoms with Gasteiger partial charge in [0, 0.05) is 5.69 Å². The van der Waals surface area contributed by atoms with E-state index in [9.17, 15) is 9.59 Å². The lowest BCUT2D eigenvalue weighted by Crippen LogP contribution is -2.47. The molecule has 4 aliphatic rings. The van der Waals surface area contributed by atoms with Crippen molar-refractivity contribution in [3.05, 3.63) is 29.8 Å². The second-order valence-corrected chi connectivity index (χ2v) is 8.67. The summed E-state index contributed by atoms with van der Waals surface area (Å²) in [5.74, 6) is 1.99. The van der Waals surface area contributed by atoms with Gasteiger partial charge in [-0.05, 0) is 86.3 Å². The summed E-state index contributed by atoms with van der Waals surface area (Å²) in [6.45, 7) is 1.78. The zero-order valence-corrected chi connectivity index (χ0v) is 14.9. The maximum atomic E-state index is 12.3. The van der Waals surface area contributed by atoms with Crippen LogP contribution in [0.25, 0.3) is 0 Å². The Labute approximate surface area is 149 Å². The van der Waals surface area contributed by atoms with Crippen molar-refractivity contribution in [3.8, 4) is 0 Å². The van der Waals surface area contributed by atoms with Crippen molar-refractivity contribution in [2.24, 2.45) is 23.2 Å². The first kappa shape index (κ1) is 16.6. The molecule has 4 bridgehead atoms. The van der Waals surface area contributed by atoms with E-state index in [1.54, 1.807) is 0 Å². The Bertz CT molecular complexity index is 646. The summed E-state index contributed by atoms with van der Waals surface area (Å²) in [7, 11) is 0. The largest absolute Gasteiger partial charge is 0.456 e. The Morgan fingerprint density at radius 3 is 2.36 bits per heavy atom. The highest BCUT2D eigenvalue weighted by Gasteiger charge is 2.51. The Morgan fingerprint density at radius 2 is 1.76 bits per heavy atom. The molecule has 0 spiro atoms. The van der Waals surface area contributed by atoms with Crippen LogP contribution in [0.5, 0.6) is 0 Å². The minimum atomic E-state index is -0.274. The molecule has 0 heterocycles. The molecule has 1 aromatic rings. The molecule has 134 valence electrons. The fourth-order valence-electron chi connectivity index (χ4n) is 5.93. The molecule has 0 saturated heterocycles. The van der Waals surface area contributed by atoms with E-state index in [1.807, 2.05) is 31.2 Å².